The number of aliphatic imine (C=N–C) groups is 1. The zero-order valence-electron chi connectivity index (χ0n) is 14.0. The lowest BCUT2D eigenvalue weighted by Gasteiger charge is -2.30. The quantitative estimate of drug-likeness (QED) is 0.715. The molecule has 0 radical (unpaired) electrons. The Morgan fingerprint density at radius 1 is 0.720 bits per heavy atom. The van der Waals surface area contributed by atoms with Crippen molar-refractivity contribution >= 4 is 11.6 Å². The van der Waals surface area contributed by atoms with Crippen LogP contribution in [-0.4, -0.2) is 5.96 Å². The maximum atomic E-state index is 4.92. The Balaban J connectivity index is 1.64. The van der Waals surface area contributed by atoms with Crippen molar-refractivity contribution in [2.75, 3.05) is 5.32 Å². The number of hydrogen-bond donors (Lipinski definition) is 2. The van der Waals surface area contributed by atoms with Crippen LogP contribution in [0.1, 0.15) is 29.6 Å². The molecule has 2 atom stereocenters. The minimum Gasteiger partial charge on any atom is -0.349 e. The molecule has 0 saturated heterocycles. The molecule has 0 saturated carbocycles. The Hall–Kier alpha value is -3.07. The predicted octanol–water partition coefficient (Wildman–Crippen LogP) is 4.93. The summed E-state index contributed by atoms with van der Waals surface area (Å²) in [5, 5.41) is 6.98. The molecule has 3 aromatic rings. The second-order valence-electron chi connectivity index (χ2n) is 6.24. The molecule has 124 valence electrons. The average molecular weight is 327 g/mol. The van der Waals surface area contributed by atoms with Gasteiger partial charge in [0, 0.05) is 5.69 Å². The van der Waals surface area contributed by atoms with E-state index in [-0.39, 0.29) is 12.1 Å². The van der Waals surface area contributed by atoms with E-state index in [0.29, 0.717) is 0 Å². The van der Waals surface area contributed by atoms with Crippen LogP contribution in [0, 0.1) is 0 Å². The summed E-state index contributed by atoms with van der Waals surface area (Å²) in [5.74, 6) is 0.820. The lowest BCUT2D eigenvalue weighted by molar-refractivity contribution is 0.489. The number of nitrogens with one attached hydrogen (secondary N) is 2. The smallest absolute Gasteiger partial charge is 0.196 e. The number of hydrogen-bond acceptors (Lipinski definition) is 3. The van der Waals surface area contributed by atoms with Gasteiger partial charge < -0.3 is 10.6 Å². The summed E-state index contributed by atoms with van der Waals surface area (Å²) in [4.78, 5) is 4.92. The fraction of sp³-hybridized carbons (Fsp3) is 0.136. The van der Waals surface area contributed by atoms with Crippen molar-refractivity contribution in [3.8, 4) is 0 Å². The summed E-state index contributed by atoms with van der Waals surface area (Å²) in [6, 6.07) is 31.6. The van der Waals surface area contributed by atoms with Gasteiger partial charge in [0.25, 0.3) is 0 Å². The first-order chi connectivity index (χ1) is 12.4. The highest BCUT2D eigenvalue weighted by Crippen LogP contribution is 2.32. The van der Waals surface area contributed by atoms with E-state index in [9.17, 15) is 0 Å². The molecule has 0 amide bonds. The van der Waals surface area contributed by atoms with E-state index in [4.69, 9.17) is 4.99 Å². The number of nitrogens with zero attached hydrogens (tertiary/aromatic N) is 1. The van der Waals surface area contributed by atoms with Crippen molar-refractivity contribution in [3.63, 3.8) is 0 Å². The maximum Gasteiger partial charge on any atom is 0.196 e. The summed E-state index contributed by atoms with van der Waals surface area (Å²) in [6.07, 6.45) is 0.938. The molecule has 1 aliphatic rings. The molecular weight excluding hydrogens is 306 g/mol. The van der Waals surface area contributed by atoms with Gasteiger partial charge in [-0.1, -0.05) is 78.9 Å². The third kappa shape index (κ3) is 3.72. The fourth-order valence-electron chi connectivity index (χ4n) is 3.21. The molecule has 2 N–H and O–H groups in total. The van der Waals surface area contributed by atoms with Crippen molar-refractivity contribution in [1.29, 1.82) is 0 Å². The number of benzene rings is 3. The van der Waals surface area contributed by atoms with Crippen LogP contribution in [0.5, 0.6) is 0 Å². The summed E-state index contributed by atoms with van der Waals surface area (Å²) < 4.78 is 0. The van der Waals surface area contributed by atoms with Gasteiger partial charge in [0.1, 0.15) is 0 Å². The van der Waals surface area contributed by atoms with Gasteiger partial charge in [-0.2, -0.15) is 0 Å². The number of para-hydroxylation sites is 1. The maximum absolute atomic E-state index is 4.92. The SMILES string of the molecule is c1ccc(NC2=NC(c3ccccc3)CC(c3ccccc3)N2)cc1. The molecule has 0 spiro atoms. The van der Waals surface area contributed by atoms with E-state index in [0.717, 1.165) is 18.1 Å². The first-order valence-electron chi connectivity index (χ1n) is 8.65. The van der Waals surface area contributed by atoms with E-state index in [1.54, 1.807) is 0 Å². The van der Waals surface area contributed by atoms with E-state index in [1.165, 1.54) is 11.1 Å². The summed E-state index contributed by atoms with van der Waals surface area (Å²) in [7, 11) is 0. The molecule has 3 heteroatoms. The van der Waals surface area contributed by atoms with Crippen molar-refractivity contribution in [3.05, 3.63) is 102 Å². The van der Waals surface area contributed by atoms with Gasteiger partial charge in [-0.05, 0) is 29.7 Å². The normalized spacial score (nSPS) is 19.6. The molecule has 2 unspecified atom stereocenters. The first-order valence-corrected chi connectivity index (χ1v) is 8.65. The minimum absolute atomic E-state index is 0.138. The van der Waals surface area contributed by atoms with Gasteiger partial charge in [0.05, 0.1) is 12.1 Å². The second kappa shape index (κ2) is 7.22. The molecule has 1 heterocycles. The zero-order valence-corrected chi connectivity index (χ0v) is 14.0. The molecule has 25 heavy (non-hydrogen) atoms. The van der Waals surface area contributed by atoms with Crippen molar-refractivity contribution < 1.29 is 0 Å². The molecule has 3 aromatic carbocycles. The standard InChI is InChI=1S/C22H21N3/c1-4-10-17(11-5-1)20-16-21(18-12-6-2-7-13-18)25-22(24-20)23-19-14-8-3-9-15-19/h1-15,20-21H,16H2,(H2,23,24,25). The minimum atomic E-state index is 0.138. The van der Waals surface area contributed by atoms with Gasteiger partial charge in [-0.25, -0.2) is 4.99 Å². The van der Waals surface area contributed by atoms with Gasteiger partial charge >= 0.3 is 0 Å². The molecule has 0 bridgehead atoms. The fourth-order valence-corrected chi connectivity index (χ4v) is 3.21. The summed E-state index contributed by atoms with van der Waals surface area (Å²) >= 11 is 0. The Bertz CT molecular complexity index is 829. The van der Waals surface area contributed by atoms with Crippen LogP contribution in [0.15, 0.2) is 96.0 Å². The van der Waals surface area contributed by atoms with Crippen molar-refractivity contribution in [1.82, 2.24) is 5.32 Å². The van der Waals surface area contributed by atoms with Gasteiger partial charge in [0.2, 0.25) is 0 Å². The first kappa shape index (κ1) is 15.5. The van der Waals surface area contributed by atoms with E-state index in [2.05, 4.69) is 65.2 Å². The number of guanidine groups is 1. The largest absolute Gasteiger partial charge is 0.349 e. The van der Waals surface area contributed by atoms with Crippen LogP contribution < -0.4 is 10.6 Å². The van der Waals surface area contributed by atoms with E-state index >= 15 is 0 Å². The third-order valence-electron chi connectivity index (χ3n) is 4.48. The second-order valence-corrected chi connectivity index (χ2v) is 6.24. The Morgan fingerprint density at radius 3 is 1.92 bits per heavy atom. The monoisotopic (exact) mass is 327 g/mol. The predicted molar refractivity (Wildman–Crippen MR) is 104 cm³/mol. The Kier molecular flexibility index (Phi) is 4.46. The van der Waals surface area contributed by atoms with Gasteiger partial charge in [-0.15, -0.1) is 0 Å². The lowest BCUT2D eigenvalue weighted by atomic mass is 9.94. The molecule has 1 aliphatic heterocycles. The van der Waals surface area contributed by atoms with Crippen LogP contribution in [0.2, 0.25) is 0 Å². The summed E-state index contributed by atoms with van der Waals surface area (Å²) in [6.45, 7) is 0. The molecule has 0 aliphatic carbocycles. The van der Waals surface area contributed by atoms with Gasteiger partial charge in [-0.3, -0.25) is 0 Å². The number of rotatable bonds is 3. The van der Waals surface area contributed by atoms with Crippen molar-refractivity contribution in [2.45, 2.75) is 18.5 Å². The lowest BCUT2D eigenvalue weighted by Crippen LogP contribution is -2.38. The molecular formula is C22H21N3. The molecule has 0 aromatic heterocycles. The highest BCUT2D eigenvalue weighted by Gasteiger charge is 2.25. The Labute approximate surface area is 148 Å². The Morgan fingerprint density at radius 2 is 1.28 bits per heavy atom. The van der Waals surface area contributed by atoms with Crippen LogP contribution in [0.25, 0.3) is 0 Å². The zero-order chi connectivity index (χ0) is 16.9. The molecule has 0 fully saturated rings. The third-order valence-corrected chi connectivity index (χ3v) is 4.48. The topological polar surface area (TPSA) is 36.4 Å². The number of anilines is 1. The van der Waals surface area contributed by atoms with Crippen LogP contribution in [-0.2, 0) is 0 Å². The molecule has 3 nitrogen and oxygen atoms in total. The van der Waals surface area contributed by atoms with E-state index in [1.807, 2.05) is 36.4 Å². The highest BCUT2D eigenvalue weighted by molar-refractivity contribution is 5.94. The van der Waals surface area contributed by atoms with Crippen molar-refractivity contribution in [2.24, 2.45) is 4.99 Å². The summed E-state index contributed by atoms with van der Waals surface area (Å²) in [5.41, 5.74) is 3.57. The van der Waals surface area contributed by atoms with Crippen LogP contribution >= 0.6 is 0 Å². The highest BCUT2D eigenvalue weighted by atomic mass is 15.2. The van der Waals surface area contributed by atoms with Gasteiger partial charge in [0.15, 0.2) is 5.96 Å². The van der Waals surface area contributed by atoms with Crippen LogP contribution in [0.4, 0.5) is 5.69 Å². The van der Waals surface area contributed by atoms with Crippen LogP contribution in [0.3, 0.4) is 0 Å². The van der Waals surface area contributed by atoms with E-state index < -0.39 is 0 Å². The molecule has 4 rings (SSSR count). The average Bonchev–Trinajstić information content (AvgIpc) is 2.70.